The predicted octanol–water partition coefficient (Wildman–Crippen LogP) is 1.06. The second kappa shape index (κ2) is 7.00. The second-order valence-electron chi connectivity index (χ2n) is 3.99. The summed E-state index contributed by atoms with van der Waals surface area (Å²) in [6.07, 6.45) is 3.88. The van der Waals surface area contributed by atoms with Crippen molar-refractivity contribution in [3.05, 3.63) is 18.0 Å². The largest absolute Gasteiger partial charge is 0.364 e. The molecule has 5 nitrogen and oxygen atoms in total. The molecule has 0 aliphatic rings. The molecular formula is C11H19N3O2. The Morgan fingerprint density at radius 3 is 3.06 bits per heavy atom. The molecule has 90 valence electrons. The van der Waals surface area contributed by atoms with Gasteiger partial charge in [0, 0.05) is 12.5 Å². The molecule has 1 aromatic heterocycles. The van der Waals surface area contributed by atoms with Crippen molar-refractivity contribution in [2.24, 2.45) is 11.7 Å². The van der Waals surface area contributed by atoms with Gasteiger partial charge in [-0.1, -0.05) is 12.1 Å². The summed E-state index contributed by atoms with van der Waals surface area (Å²) < 4.78 is 4.66. The highest BCUT2D eigenvalue weighted by atomic mass is 16.5. The van der Waals surface area contributed by atoms with Crippen molar-refractivity contribution in [1.82, 2.24) is 10.5 Å². The van der Waals surface area contributed by atoms with Crippen LogP contribution in [0.1, 0.15) is 31.9 Å². The summed E-state index contributed by atoms with van der Waals surface area (Å²) >= 11 is 0. The van der Waals surface area contributed by atoms with Gasteiger partial charge in [-0.25, -0.2) is 0 Å². The van der Waals surface area contributed by atoms with E-state index >= 15 is 0 Å². The summed E-state index contributed by atoms with van der Waals surface area (Å²) in [5.74, 6) is 0.551. The molecule has 1 rings (SSSR count). The molecule has 0 saturated carbocycles. The fraction of sp³-hybridized carbons (Fsp3) is 0.636. The summed E-state index contributed by atoms with van der Waals surface area (Å²) in [7, 11) is 0. The minimum atomic E-state index is 0.0480. The normalized spacial score (nSPS) is 12.4. The van der Waals surface area contributed by atoms with Gasteiger partial charge in [-0.2, -0.15) is 0 Å². The molecule has 0 radical (unpaired) electrons. The van der Waals surface area contributed by atoms with Gasteiger partial charge in [0.25, 0.3) is 0 Å². The van der Waals surface area contributed by atoms with E-state index in [9.17, 15) is 4.79 Å². The molecule has 0 spiro atoms. The topological polar surface area (TPSA) is 81.2 Å². The number of hydrogen-bond acceptors (Lipinski definition) is 4. The first-order valence-electron chi connectivity index (χ1n) is 5.58. The van der Waals surface area contributed by atoms with E-state index in [0.717, 1.165) is 18.5 Å². The third kappa shape index (κ3) is 4.93. The molecule has 0 fully saturated rings. The molecule has 1 aromatic rings. The van der Waals surface area contributed by atoms with Crippen LogP contribution in [0.15, 0.2) is 16.9 Å². The van der Waals surface area contributed by atoms with E-state index in [4.69, 9.17) is 5.73 Å². The fourth-order valence-corrected chi connectivity index (χ4v) is 1.41. The lowest BCUT2D eigenvalue weighted by molar-refractivity contribution is -0.121. The molecule has 5 heteroatoms. The number of rotatable bonds is 7. The van der Waals surface area contributed by atoms with Crippen molar-refractivity contribution in [2.45, 2.75) is 32.7 Å². The third-order valence-electron chi connectivity index (χ3n) is 2.48. The molecule has 16 heavy (non-hydrogen) atoms. The Morgan fingerprint density at radius 1 is 1.62 bits per heavy atom. The summed E-state index contributed by atoms with van der Waals surface area (Å²) in [5, 5.41) is 6.50. The Balaban J connectivity index is 2.11. The zero-order valence-corrected chi connectivity index (χ0v) is 9.61. The monoisotopic (exact) mass is 225 g/mol. The van der Waals surface area contributed by atoms with Crippen LogP contribution < -0.4 is 11.1 Å². The summed E-state index contributed by atoms with van der Waals surface area (Å²) in [5.41, 5.74) is 6.18. The van der Waals surface area contributed by atoms with Crippen LogP contribution in [0.3, 0.4) is 0 Å². The van der Waals surface area contributed by atoms with Crippen LogP contribution in [0.25, 0.3) is 0 Å². The number of nitrogens with two attached hydrogens (primary N) is 1. The molecule has 1 amide bonds. The molecule has 1 heterocycles. The number of aromatic nitrogens is 1. The zero-order valence-electron chi connectivity index (χ0n) is 9.61. The van der Waals surface area contributed by atoms with Crippen molar-refractivity contribution in [3.8, 4) is 0 Å². The van der Waals surface area contributed by atoms with Crippen LogP contribution in [0.5, 0.6) is 0 Å². The van der Waals surface area contributed by atoms with Gasteiger partial charge in [0.1, 0.15) is 12.0 Å². The number of carbonyl (C=O) groups excluding carboxylic acids is 1. The lowest BCUT2D eigenvalue weighted by Gasteiger charge is -2.09. The van der Waals surface area contributed by atoms with E-state index in [1.54, 1.807) is 6.07 Å². The summed E-state index contributed by atoms with van der Waals surface area (Å²) in [6, 6.07) is 1.73. The van der Waals surface area contributed by atoms with Crippen molar-refractivity contribution in [2.75, 3.05) is 6.54 Å². The maximum absolute atomic E-state index is 11.4. The van der Waals surface area contributed by atoms with Gasteiger partial charge in [-0.15, -0.1) is 0 Å². The fourth-order valence-electron chi connectivity index (χ4n) is 1.41. The highest BCUT2D eigenvalue weighted by Crippen LogP contribution is 2.08. The average Bonchev–Trinajstić information content (AvgIpc) is 2.77. The van der Waals surface area contributed by atoms with E-state index in [1.165, 1.54) is 6.26 Å². The smallest absolute Gasteiger partial charge is 0.220 e. The number of hydrogen-bond donors (Lipinski definition) is 2. The van der Waals surface area contributed by atoms with Gasteiger partial charge in [0.2, 0.25) is 5.91 Å². The molecule has 0 aliphatic heterocycles. The first-order valence-corrected chi connectivity index (χ1v) is 5.58. The third-order valence-corrected chi connectivity index (χ3v) is 2.48. The van der Waals surface area contributed by atoms with E-state index in [-0.39, 0.29) is 5.91 Å². The first kappa shape index (κ1) is 12.7. The first-order chi connectivity index (χ1) is 7.72. The van der Waals surface area contributed by atoms with Gasteiger partial charge < -0.3 is 15.6 Å². The molecule has 0 aromatic carbocycles. The van der Waals surface area contributed by atoms with Crippen LogP contribution in [0.2, 0.25) is 0 Å². The van der Waals surface area contributed by atoms with Gasteiger partial charge in [0.05, 0.1) is 6.54 Å². The van der Waals surface area contributed by atoms with Crippen LogP contribution in [-0.4, -0.2) is 17.6 Å². The van der Waals surface area contributed by atoms with E-state index in [0.29, 0.717) is 25.4 Å². The SMILES string of the molecule is CC(CCN)CCC(=O)NCc1ccon1. The highest BCUT2D eigenvalue weighted by Gasteiger charge is 2.06. The van der Waals surface area contributed by atoms with E-state index in [2.05, 4.69) is 21.9 Å². The van der Waals surface area contributed by atoms with Crippen molar-refractivity contribution < 1.29 is 9.32 Å². The predicted molar refractivity (Wildman–Crippen MR) is 60.4 cm³/mol. The maximum atomic E-state index is 11.4. The Bertz CT molecular complexity index is 298. The van der Waals surface area contributed by atoms with E-state index in [1.807, 2.05) is 0 Å². The lowest BCUT2D eigenvalue weighted by atomic mass is 10.0. The van der Waals surface area contributed by atoms with Crippen molar-refractivity contribution >= 4 is 5.91 Å². The maximum Gasteiger partial charge on any atom is 0.220 e. The van der Waals surface area contributed by atoms with Gasteiger partial charge in [0.15, 0.2) is 0 Å². The minimum Gasteiger partial charge on any atom is -0.364 e. The Hall–Kier alpha value is -1.36. The highest BCUT2D eigenvalue weighted by molar-refractivity contribution is 5.75. The van der Waals surface area contributed by atoms with E-state index < -0.39 is 0 Å². The number of nitrogens with one attached hydrogen (secondary N) is 1. The number of carbonyl (C=O) groups is 1. The number of nitrogens with zero attached hydrogens (tertiary/aromatic N) is 1. The molecular weight excluding hydrogens is 206 g/mol. The summed E-state index contributed by atoms with van der Waals surface area (Å²) in [6.45, 7) is 3.22. The second-order valence-corrected chi connectivity index (χ2v) is 3.99. The molecule has 0 aliphatic carbocycles. The van der Waals surface area contributed by atoms with Crippen molar-refractivity contribution in [1.29, 1.82) is 0 Å². The van der Waals surface area contributed by atoms with Gasteiger partial charge >= 0.3 is 0 Å². The molecule has 1 unspecified atom stereocenters. The standard InChI is InChI=1S/C11H19N3O2/c1-9(4-6-12)2-3-11(15)13-8-10-5-7-16-14-10/h5,7,9H,2-4,6,8,12H2,1H3,(H,13,15). The molecule has 0 saturated heterocycles. The van der Waals surface area contributed by atoms with Gasteiger partial charge in [-0.05, 0) is 25.3 Å². The Morgan fingerprint density at radius 2 is 2.44 bits per heavy atom. The lowest BCUT2D eigenvalue weighted by Crippen LogP contribution is -2.23. The van der Waals surface area contributed by atoms with Crippen LogP contribution in [0, 0.1) is 5.92 Å². The Labute approximate surface area is 95.4 Å². The van der Waals surface area contributed by atoms with Crippen LogP contribution >= 0.6 is 0 Å². The Kier molecular flexibility index (Phi) is 5.56. The molecule has 1 atom stereocenters. The quantitative estimate of drug-likeness (QED) is 0.727. The number of amides is 1. The van der Waals surface area contributed by atoms with Crippen molar-refractivity contribution in [3.63, 3.8) is 0 Å². The molecule has 0 bridgehead atoms. The van der Waals surface area contributed by atoms with Crippen LogP contribution in [-0.2, 0) is 11.3 Å². The van der Waals surface area contributed by atoms with Crippen LogP contribution in [0.4, 0.5) is 0 Å². The zero-order chi connectivity index (χ0) is 11.8. The van der Waals surface area contributed by atoms with Gasteiger partial charge in [-0.3, -0.25) is 4.79 Å². The minimum absolute atomic E-state index is 0.0480. The molecule has 3 N–H and O–H groups in total. The average molecular weight is 225 g/mol. The summed E-state index contributed by atoms with van der Waals surface area (Å²) in [4.78, 5) is 11.4.